The van der Waals surface area contributed by atoms with Gasteiger partial charge in [0.15, 0.2) is 18.9 Å². The zero-order valence-electron chi connectivity index (χ0n) is 21.4. The lowest BCUT2D eigenvalue weighted by molar-refractivity contribution is -0.367. The van der Waals surface area contributed by atoms with Gasteiger partial charge in [-0.25, -0.2) is 0 Å². The van der Waals surface area contributed by atoms with Crippen LogP contribution in [0, 0.1) is 0 Å². The molecular formula is C22H39NO16. The van der Waals surface area contributed by atoms with E-state index in [2.05, 4.69) is 5.32 Å². The molecule has 15 atom stereocenters. The Morgan fingerprint density at radius 1 is 0.667 bits per heavy atom. The van der Waals surface area contributed by atoms with Gasteiger partial charge in [-0.3, -0.25) is 4.79 Å². The number of carbonyl (C=O) groups is 1. The van der Waals surface area contributed by atoms with Crippen LogP contribution in [0.5, 0.6) is 0 Å². The third-order valence-corrected chi connectivity index (χ3v) is 6.81. The van der Waals surface area contributed by atoms with Crippen molar-refractivity contribution in [3.8, 4) is 0 Å². The summed E-state index contributed by atoms with van der Waals surface area (Å²) in [6, 6.07) is -1.44. The Morgan fingerprint density at radius 2 is 1.21 bits per heavy atom. The third-order valence-electron chi connectivity index (χ3n) is 6.81. The first-order valence-corrected chi connectivity index (χ1v) is 12.6. The highest BCUT2D eigenvalue weighted by Crippen LogP contribution is 2.32. The fourth-order valence-electron chi connectivity index (χ4n) is 4.74. The van der Waals surface area contributed by atoms with Crippen LogP contribution in [0.3, 0.4) is 0 Å². The average molecular weight is 574 g/mol. The van der Waals surface area contributed by atoms with Crippen LogP contribution in [0.15, 0.2) is 0 Å². The van der Waals surface area contributed by atoms with Crippen molar-refractivity contribution < 1.29 is 79.2 Å². The highest BCUT2D eigenvalue weighted by atomic mass is 16.7. The fourth-order valence-corrected chi connectivity index (χ4v) is 4.74. The van der Waals surface area contributed by atoms with Crippen LogP contribution >= 0.6 is 0 Å². The Bertz CT molecular complexity index is 776. The van der Waals surface area contributed by atoms with Gasteiger partial charge in [0.05, 0.1) is 19.8 Å². The molecule has 0 aliphatic carbocycles. The van der Waals surface area contributed by atoms with Gasteiger partial charge >= 0.3 is 0 Å². The van der Waals surface area contributed by atoms with Crippen molar-refractivity contribution in [2.45, 2.75) is 106 Å². The molecule has 3 fully saturated rings. The maximum absolute atomic E-state index is 12.0. The lowest BCUT2D eigenvalue weighted by Crippen LogP contribution is -2.69. The molecule has 0 unspecified atom stereocenters. The summed E-state index contributed by atoms with van der Waals surface area (Å²) in [7, 11) is 0. The first-order valence-electron chi connectivity index (χ1n) is 12.6. The van der Waals surface area contributed by atoms with E-state index in [1.807, 2.05) is 0 Å². The van der Waals surface area contributed by atoms with E-state index in [1.165, 1.54) is 0 Å². The quantitative estimate of drug-likeness (QED) is 0.116. The van der Waals surface area contributed by atoms with E-state index < -0.39 is 118 Å². The van der Waals surface area contributed by atoms with E-state index in [0.717, 1.165) is 6.92 Å². The SMILES string of the molecule is CCO[C@@H]1O[C@H](CO)[C@H](O)[C@H](O[C@@H]2O[C@H](CO)[C@@H](O[C@@H]3O[C@H](CO)[C@H](O)[C@H](O)[C@H]3O)[C@H](O)[C@H]2NC(C)=O)[C@H]1O. The Balaban J connectivity index is 1.84. The third kappa shape index (κ3) is 7.03. The number of aliphatic hydroxyl groups excluding tert-OH is 9. The van der Waals surface area contributed by atoms with Gasteiger partial charge in [-0.2, -0.15) is 0 Å². The zero-order chi connectivity index (χ0) is 29.0. The van der Waals surface area contributed by atoms with Crippen molar-refractivity contribution in [3.05, 3.63) is 0 Å². The Labute approximate surface area is 223 Å². The minimum atomic E-state index is -1.83. The molecular weight excluding hydrogens is 534 g/mol. The van der Waals surface area contributed by atoms with Gasteiger partial charge in [0.1, 0.15) is 73.2 Å². The molecule has 17 heteroatoms. The van der Waals surface area contributed by atoms with Gasteiger partial charge in [-0.1, -0.05) is 0 Å². The van der Waals surface area contributed by atoms with Crippen LogP contribution in [0.2, 0.25) is 0 Å². The smallest absolute Gasteiger partial charge is 0.217 e. The monoisotopic (exact) mass is 573 g/mol. The highest BCUT2D eigenvalue weighted by Gasteiger charge is 2.54. The van der Waals surface area contributed by atoms with Crippen molar-refractivity contribution in [1.29, 1.82) is 0 Å². The molecule has 3 rings (SSSR count). The van der Waals surface area contributed by atoms with E-state index in [1.54, 1.807) is 6.92 Å². The van der Waals surface area contributed by atoms with Gasteiger partial charge in [0.25, 0.3) is 0 Å². The topological polar surface area (TPSA) is 267 Å². The molecule has 0 aromatic heterocycles. The van der Waals surface area contributed by atoms with Crippen molar-refractivity contribution in [2.75, 3.05) is 26.4 Å². The van der Waals surface area contributed by atoms with Crippen molar-refractivity contribution in [1.82, 2.24) is 5.32 Å². The molecule has 0 aromatic rings. The first-order chi connectivity index (χ1) is 18.5. The number of hydrogen-bond donors (Lipinski definition) is 10. The van der Waals surface area contributed by atoms with Crippen LogP contribution in [0.4, 0.5) is 0 Å². The number of nitrogens with one attached hydrogen (secondary N) is 1. The minimum Gasteiger partial charge on any atom is -0.394 e. The highest BCUT2D eigenvalue weighted by molar-refractivity contribution is 5.73. The summed E-state index contributed by atoms with van der Waals surface area (Å²) < 4.78 is 33.1. The summed E-state index contributed by atoms with van der Waals surface area (Å²) in [5.74, 6) is -0.654. The summed E-state index contributed by atoms with van der Waals surface area (Å²) >= 11 is 0. The summed E-state index contributed by atoms with van der Waals surface area (Å²) in [5, 5.41) is 94.3. The summed E-state index contributed by atoms with van der Waals surface area (Å²) in [4.78, 5) is 12.0. The molecule has 0 aromatic carbocycles. The summed E-state index contributed by atoms with van der Waals surface area (Å²) in [5.41, 5.74) is 0. The maximum atomic E-state index is 12.0. The molecule has 3 aliphatic rings. The molecule has 10 N–H and O–H groups in total. The molecule has 0 saturated carbocycles. The molecule has 1 amide bonds. The van der Waals surface area contributed by atoms with Crippen LogP contribution in [-0.2, 0) is 33.2 Å². The number of hydrogen-bond acceptors (Lipinski definition) is 16. The second-order valence-corrected chi connectivity index (χ2v) is 9.50. The molecule has 0 spiro atoms. The Morgan fingerprint density at radius 3 is 1.77 bits per heavy atom. The number of amides is 1. The molecule has 39 heavy (non-hydrogen) atoms. The molecule has 3 heterocycles. The standard InChI is InChI=1S/C22H39NO16/c1-3-34-21-17(33)19(13(29)9(5-25)35-21)39-20-11(23-7(2)27)14(30)18(10(6-26)37-20)38-22-16(32)15(31)12(28)8(4-24)36-22/h8-22,24-26,28-33H,3-6H2,1-2H3,(H,23,27)/t8-,9-,10-,11-,12+,13+,14-,15+,16-,17-,18-,19+,20+,21-,22+/m1/s1. The number of ether oxygens (including phenoxy) is 6. The summed E-state index contributed by atoms with van der Waals surface area (Å²) in [6.07, 6.45) is -21.8. The average Bonchev–Trinajstić information content (AvgIpc) is 2.91. The second kappa shape index (κ2) is 14.2. The normalized spacial score (nSPS) is 47.1. The van der Waals surface area contributed by atoms with E-state index in [0.29, 0.717) is 0 Å². The van der Waals surface area contributed by atoms with Crippen molar-refractivity contribution >= 4 is 5.91 Å². The van der Waals surface area contributed by atoms with E-state index in [9.17, 15) is 50.8 Å². The van der Waals surface area contributed by atoms with Gasteiger partial charge in [0, 0.05) is 13.5 Å². The molecule has 17 nitrogen and oxygen atoms in total. The largest absolute Gasteiger partial charge is 0.394 e. The minimum absolute atomic E-state index is 0.111. The van der Waals surface area contributed by atoms with E-state index >= 15 is 0 Å². The molecule has 0 bridgehead atoms. The predicted octanol–water partition coefficient (Wildman–Crippen LogP) is -6.38. The van der Waals surface area contributed by atoms with Crippen molar-refractivity contribution in [3.63, 3.8) is 0 Å². The van der Waals surface area contributed by atoms with Crippen LogP contribution < -0.4 is 5.32 Å². The fraction of sp³-hybridized carbons (Fsp3) is 0.955. The Hall–Kier alpha value is -1.13. The predicted molar refractivity (Wildman–Crippen MR) is 122 cm³/mol. The zero-order valence-corrected chi connectivity index (χ0v) is 21.4. The van der Waals surface area contributed by atoms with Crippen LogP contribution in [0.1, 0.15) is 13.8 Å². The Kier molecular flexibility index (Phi) is 11.8. The molecule has 3 saturated heterocycles. The van der Waals surface area contributed by atoms with E-state index in [-0.39, 0.29) is 6.61 Å². The molecule has 0 radical (unpaired) electrons. The summed E-state index contributed by atoms with van der Waals surface area (Å²) in [6.45, 7) is 0.662. The van der Waals surface area contributed by atoms with Crippen LogP contribution in [-0.4, -0.2) is 170 Å². The van der Waals surface area contributed by atoms with Crippen molar-refractivity contribution in [2.24, 2.45) is 0 Å². The van der Waals surface area contributed by atoms with Crippen LogP contribution in [0.25, 0.3) is 0 Å². The van der Waals surface area contributed by atoms with Gasteiger partial charge < -0.3 is 79.7 Å². The van der Waals surface area contributed by atoms with Gasteiger partial charge in [-0.15, -0.1) is 0 Å². The number of carbonyl (C=O) groups excluding carboxylic acids is 1. The lowest BCUT2D eigenvalue weighted by Gasteiger charge is -2.49. The maximum Gasteiger partial charge on any atom is 0.217 e. The number of rotatable bonds is 10. The second-order valence-electron chi connectivity index (χ2n) is 9.50. The molecule has 3 aliphatic heterocycles. The lowest BCUT2D eigenvalue weighted by atomic mass is 9.94. The van der Waals surface area contributed by atoms with Gasteiger partial charge in [-0.05, 0) is 6.92 Å². The van der Waals surface area contributed by atoms with Gasteiger partial charge in [0.2, 0.25) is 5.91 Å². The number of aliphatic hydroxyl groups is 9. The van der Waals surface area contributed by atoms with E-state index in [4.69, 9.17) is 28.4 Å². The first kappa shape index (κ1) is 32.4. The molecule has 228 valence electrons.